The monoisotopic (exact) mass is 454 g/mol. The predicted octanol–water partition coefficient (Wildman–Crippen LogP) is 5.69. The second-order valence-corrected chi connectivity index (χ2v) is 10.6. The molecule has 0 spiro atoms. The van der Waals surface area contributed by atoms with E-state index in [9.17, 15) is 9.90 Å². The summed E-state index contributed by atoms with van der Waals surface area (Å²) in [6.07, 6.45) is 6.48. The van der Waals surface area contributed by atoms with Crippen LogP contribution in [0.5, 0.6) is 5.75 Å². The van der Waals surface area contributed by atoms with Crippen LogP contribution in [0.1, 0.15) is 75.6 Å². The van der Waals surface area contributed by atoms with E-state index in [0.717, 1.165) is 48.5 Å². The molecule has 0 fully saturated rings. The molecule has 2 aromatic rings. The Morgan fingerprint density at radius 2 is 2.12 bits per heavy atom. The zero-order valence-electron chi connectivity index (χ0n) is 20.9. The highest BCUT2D eigenvalue weighted by Gasteiger charge is 2.35. The van der Waals surface area contributed by atoms with Crippen molar-refractivity contribution in [2.24, 2.45) is 11.3 Å². The minimum atomic E-state index is -0.811. The number of rotatable bonds is 9. The molecular weight excluding hydrogens is 416 g/mol. The molecule has 3 rings (SSSR count). The molecule has 6 nitrogen and oxygen atoms in total. The number of nitrogens with zero attached hydrogens (tertiary/aromatic N) is 2. The van der Waals surface area contributed by atoms with E-state index in [1.807, 2.05) is 31.2 Å². The Morgan fingerprint density at radius 1 is 1.36 bits per heavy atom. The lowest BCUT2D eigenvalue weighted by molar-refractivity contribution is -0.144. The number of aryl methyl sites for hydroxylation is 1. The molecule has 0 amide bonds. The van der Waals surface area contributed by atoms with Crippen LogP contribution in [0.25, 0.3) is 6.08 Å². The first-order chi connectivity index (χ1) is 15.5. The van der Waals surface area contributed by atoms with Gasteiger partial charge < -0.3 is 14.3 Å². The van der Waals surface area contributed by atoms with Gasteiger partial charge in [-0.1, -0.05) is 46.8 Å². The Balaban J connectivity index is 1.66. The highest BCUT2D eigenvalue weighted by Crippen LogP contribution is 2.34. The van der Waals surface area contributed by atoms with Gasteiger partial charge in [0.05, 0.1) is 12.3 Å². The number of hydrogen-bond donors (Lipinski definition) is 1. The maximum atomic E-state index is 12.2. The first-order valence-corrected chi connectivity index (χ1v) is 11.9. The minimum Gasteiger partial charge on any atom is -0.493 e. The van der Waals surface area contributed by atoms with Crippen molar-refractivity contribution in [3.63, 3.8) is 0 Å². The molecule has 180 valence electrons. The fourth-order valence-corrected chi connectivity index (χ4v) is 4.26. The predicted molar refractivity (Wildman–Crippen MR) is 130 cm³/mol. The Bertz CT molecular complexity index is 984. The number of oxazole rings is 1. The number of carboxylic acids is 1. The number of hydrogen-bond acceptors (Lipinski definition) is 5. The summed E-state index contributed by atoms with van der Waals surface area (Å²) < 4.78 is 11.7. The number of fused-ring (bicyclic) bond motifs is 1. The first kappa shape index (κ1) is 25.0. The van der Waals surface area contributed by atoms with Crippen LogP contribution in [0, 0.1) is 18.3 Å². The summed E-state index contributed by atoms with van der Waals surface area (Å²) in [4.78, 5) is 18.8. The molecule has 1 aromatic heterocycles. The van der Waals surface area contributed by atoms with E-state index in [4.69, 9.17) is 9.15 Å². The maximum Gasteiger partial charge on any atom is 0.325 e. The summed E-state index contributed by atoms with van der Waals surface area (Å²) in [5, 5.41) is 9.99. The van der Waals surface area contributed by atoms with E-state index in [1.54, 1.807) is 0 Å². The zero-order valence-corrected chi connectivity index (χ0v) is 20.9. The number of ether oxygens (including phenoxy) is 1. The molecule has 1 aromatic carbocycles. The highest BCUT2D eigenvalue weighted by atomic mass is 16.5. The number of carbonyl (C=O) groups is 1. The average molecular weight is 455 g/mol. The summed E-state index contributed by atoms with van der Waals surface area (Å²) in [5.74, 6) is 1.91. The number of allylic oxidation sites excluding steroid dienone is 1. The molecule has 0 radical (unpaired) electrons. The van der Waals surface area contributed by atoms with Gasteiger partial charge in [-0.05, 0) is 60.4 Å². The van der Waals surface area contributed by atoms with E-state index in [2.05, 4.69) is 50.6 Å². The van der Waals surface area contributed by atoms with Gasteiger partial charge in [-0.25, -0.2) is 4.98 Å². The second kappa shape index (κ2) is 10.6. The van der Waals surface area contributed by atoms with Crippen molar-refractivity contribution in [2.75, 3.05) is 19.7 Å². The van der Waals surface area contributed by atoms with E-state index in [0.29, 0.717) is 30.6 Å². The van der Waals surface area contributed by atoms with Crippen molar-refractivity contribution in [3.05, 3.63) is 52.7 Å². The lowest BCUT2D eigenvalue weighted by Gasteiger charge is -2.38. The first-order valence-electron chi connectivity index (χ1n) is 11.9. The van der Waals surface area contributed by atoms with Crippen LogP contribution in [0.2, 0.25) is 0 Å². The Kier molecular flexibility index (Phi) is 8.01. The number of aliphatic carboxylic acids is 1. The molecule has 1 N–H and O–H groups in total. The van der Waals surface area contributed by atoms with E-state index in [-0.39, 0.29) is 5.41 Å². The molecule has 0 saturated carbocycles. The van der Waals surface area contributed by atoms with Crippen molar-refractivity contribution < 1.29 is 19.1 Å². The van der Waals surface area contributed by atoms with E-state index < -0.39 is 12.0 Å². The largest absolute Gasteiger partial charge is 0.493 e. The van der Waals surface area contributed by atoms with Gasteiger partial charge in [0.2, 0.25) is 5.89 Å². The summed E-state index contributed by atoms with van der Waals surface area (Å²) >= 11 is 0. The minimum absolute atomic E-state index is 0.0254. The lowest BCUT2D eigenvalue weighted by atomic mass is 9.88. The van der Waals surface area contributed by atoms with Crippen LogP contribution in [-0.2, 0) is 17.6 Å². The Labute approximate surface area is 197 Å². The number of aromatic nitrogens is 1. The second-order valence-electron chi connectivity index (χ2n) is 10.6. The van der Waals surface area contributed by atoms with Crippen LogP contribution in [0.4, 0.5) is 0 Å². The number of carboxylic acid groups (broad SMARTS) is 1. The van der Waals surface area contributed by atoms with Crippen molar-refractivity contribution in [1.82, 2.24) is 9.88 Å². The third-order valence-corrected chi connectivity index (χ3v) is 5.74. The summed E-state index contributed by atoms with van der Waals surface area (Å²) in [5.41, 5.74) is 2.84. The summed E-state index contributed by atoms with van der Waals surface area (Å²) in [6, 6.07) is 5.20. The van der Waals surface area contributed by atoms with Gasteiger partial charge in [-0.2, -0.15) is 0 Å². The van der Waals surface area contributed by atoms with Crippen molar-refractivity contribution in [1.29, 1.82) is 0 Å². The van der Waals surface area contributed by atoms with Gasteiger partial charge >= 0.3 is 5.97 Å². The van der Waals surface area contributed by atoms with Crippen molar-refractivity contribution in [2.45, 2.75) is 66.8 Å². The van der Waals surface area contributed by atoms with Gasteiger partial charge in [0.1, 0.15) is 17.6 Å². The van der Waals surface area contributed by atoms with E-state index in [1.165, 1.54) is 0 Å². The standard InChI is InChI=1S/C27H38N2O4/c1-18(2)8-7-9-24-28-23(19(3)33-24)13-15-32-21-11-10-20-12-14-29(17-27(4,5)6)25(26(30)31)22(20)16-21/h7,9-11,16,18,25H,8,12-15,17H2,1-6H3,(H,30,31). The third-order valence-electron chi connectivity index (χ3n) is 5.74. The summed E-state index contributed by atoms with van der Waals surface area (Å²) in [7, 11) is 0. The van der Waals surface area contributed by atoms with Crippen LogP contribution in [0.3, 0.4) is 0 Å². The highest BCUT2D eigenvalue weighted by molar-refractivity contribution is 5.77. The van der Waals surface area contributed by atoms with Crippen LogP contribution in [-0.4, -0.2) is 40.7 Å². The summed E-state index contributed by atoms with van der Waals surface area (Å²) in [6.45, 7) is 14.6. The molecule has 0 saturated heterocycles. The smallest absolute Gasteiger partial charge is 0.325 e. The van der Waals surface area contributed by atoms with Crippen LogP contribution < -0.4 is 4.74 Å². The SMILES string of the molecule is Cc1oc(C=CCC(C)C)nc1CCOc1ccc2c(c1)C(C(=O)O)N(CC(C)(C)C)CC2. The van der Waals surface area contributed by atoms with E-state index >= 15 is 0 Å². The fourth-order valence-electron chi connectivity index (χ4n) is 4.26. The van der Waals surface area contributed by atoms with Gasteiger partial charge in [0, 0.05) is 19.5 Å². The molecule has 0 bridgehead atoms. The Morgan fingerprint density at radius 3 is 2.79 bits per heavy atom. The molecule has 0 aliphatic carbocycles. The van der Waals surface area contributed by atoms with Gasteiger partial charge in [-0.3, -0.25) is 9.69 Å². The molecule has 1 unspecified atom stereocenters. The quantitative estimate of drug-likeness (QED) is 0.524. The van der Waals surface area contributed by atoms with Gasteiger partial charge in [-0.15, -0.1) is 0 Å². The van der Waals surface area contributed by atoms with Gasteiger partial charge in [0.15, 0.2) is 0 Å². The van der Waals surface area contributed by atoms with Crippen LogP contribution in [0.15, 0.2) is 28.7 Å². The Hall–Kier alpha value is -2.60. The average Bonchev–Trinajstić information content (AvgIpc) is 3.05. The van der Waals surface area contributed by atoms with Gasteiger partial charge in [0.25, 0.3) is 0 Å². The molecule has 33 heavy (non-hydrogen) atoms. The zero-order chi connectivity index (χ0) is 24.2. The number of benzene rings is 1. The normalized spacial score (nSPS) is 17.0. The molecule has 1 aliphatic heterocycles. The van der Waals surface area contributed by atoms with Crippen molar-refractivity contribution >= 4 is 12.0 Å². The van der Waals surface area contributed by atoms with Crippen LogP contribution >= 0.6 is 0 Å². The molecule has 2 heterocycles. The maximum absolute atomic E-state index is 12.2. The topological polar surface area (TPSA) is 75.8 Å². The molecule has 1 aliphatic rings. The molecule has 6 heteroatoms. The fraction of sp³-hybridized carbons (Fsp3) is 0.556. The third kappa shape index (κ3) is 6.94. The van der Waals surface area contributed by atoms with Crippen molar-refractivity contribution in [3.8, 4) is 5.75 Å². The molecule has 1 atom stereocenters. The lowest BCUT2D eigenvalue weighted by Crippen LogP contribution is -2.43. The molecular formula is C27H38N2O4.